The topological polar surface area (TPSA) is 37.4 Å². The molecule has 1 saturated heterocycles. The number of halogens is 1. The molecule has 0 aromatic heterocycles. The van der Waals surface area contributed by atoms with E-state index in [-0.39, 0.29) is 0 Å². The van der Waals surface area contributed by atoms with Crippen LogP contribution in [0.25, 0.3) is 0 Å². The lowest BCUT2D eigenvalue weighted by atomic mass is 10.0. The summed E-state index contributed by atoms with van der Waals surface area (Å²) in [6.07, 6.45) is 3.85. The van der Waals surface area contributed by atoms with Crippen LogP contribution in [0, 0.1) is 5.92 Å². The van der Waals surface area contributed by atoms with Gasteiger partial charge >= 0.3 is 0 Å². The van der Waals surface area contributed by atoms with Crippen molar-refractivity contribution in [3.05, 3.63) is 29.3 Å². The van der Waals surface area contributed by atoms with E-state index in [1.165, 1.54) is 0 Å². The van der Waals surface area contributed by atoms with Crippen LogP contribution in [0.5, 0.6) is 0 Å². The van der Waals surface area contributed by atoms with E-state index in [1.54, 1.807) is 16.4 Å². The second-order valence-corrected chi connectivity index (χ2v) is 8.06. The van der Waals surface area contributed by atoms with Crippen LogP contribution in [-0.4, -0.2) is 25.8 Å². The van der Waals surface area contributed by atoms with Crippen molar-refractivity contribution in [2.75, 3.05) is 13.1 Å². The first-order chi connectivity index (χ1) is 9.98. The average molecular weight is 330 g/mol. The highest BCUT2D eigenvalue weighted by atomic mass is 35.5. The van der Waals surface area contributed by atoms with Crippen molar-refractivity contribution in [1.82, 2.24) is 4.31 Å². The highest BCUT2D eigenvalue weighted by Crippen LogP contribution is 2.25. The lowest BCUT2D eigenvalue weighted by Crippen LogP contribution is -2.32. The summed E-state index contributed by atoms with van der Waals surface area (Å²) in [5.41, 5.74) is 2.04. The molecule has 0 N–H and O–H groups in total. The third kappa shape index (κ3) is 3.79. The van der Waals surface area contributed by atoms with E-state index < -0.39 is 10.0 Å². The van der Waals surface area contributed by atoms with Crippen LogP contribution in [0.4, 0.5) is 0 Å². The number of benzene rings is 1. The Bertz CT molecular complexity index is 586. The SMILES string of the molecule is CCc1ccc(S(=O)(=O)N2CCCC(C)CC2)cc1CCl. The van der Waals surface area contributed by atoms with Gasteiger partial charge in [0.25, 0.3) is 0 Å². The Hall–Kier alpha value is -0.580. The van der Waals surface area contributed by atoms with Crippen molar-refractivity contribution in [2.45, 2.75) is 50.3 Å². The zero-order chi connectivity index (χ0) is 15.5. The summed E-state index contributed by atoms with van der Waals surface area (Å²) in [5, 5.41) is 0. The molecule has 2 rings (SSSR count). The molecule has 0 aliphatic carbocycles. The molecule has 0 spiro atoms. The van der Waals surface area contributed by atoms with Crippen LogP contribution in [-0.2, 0) is 22.3 Å². The number of aryl methyl sites for hydroxylation is 1. The molecule has 21 heavy (non-hydrogen) atoms. The monoisotopic (exact) mass is 329 g/mol. The largest absolute Gasteiger partial charge is 0.243 e. The summed E-state index contributed by atoms with van der Waals surface area (Å²) >= 11 is 5.96. The molecule has 1 fully saturated rings. The Morgan fingerprint density at radius 1 is 1.24 bits per heavy atom. The first-order valence-electron chi connectivity index (χ1n) is 7.67. The van der Waals surface area contributed by atoms with Crippen LogP contribution >= 0.6 is 11.6 Å². The van der Waals surface area contributed by atoms with Gasteiger partial charge in [0.1, 0.15) is 0 Å². The van der Waals surface area contributed by atoms with Gasteiger partial charge in [-0.3, -0.25) is 0 Å². The molecule has 0 radical (unpaired) electrons. The minimum atomic E-state index is -3.39. The van der Waals surface area contributed by atoms with Gasteiger partial charge in [-0.05, 0) is 54.9 Å². The van der Waals surface area contributed by atoms with Gasteiger partial charge in [0.15, 0.2) is 0 Å². The fourth-order valence-electron chi connectivity index (χ4n) is 2.86. The minimum Gasteiger partial charge on any atom is -0.207 e. The summed E-state index contributed by atoms with van der Waals surface area (Å²) < 4.78 is 27.2. The van der Waals surface area contributed by atoms with Crippen LogP contribution in [0.2, 0.25) is 0 Å². The number of hydrogen-bond acceptors (Lipinski definition) is 2. The number of sulfonamides is 1. The predicted molar refractivity (Wildman–Crippen MR) is 87.2 cm³/mol. The quantitative estimate of drug-likeness (QED) is 0.788. The summed E-state index contributed by atoms with van der Waals surface area (Å²) in [5.74, 6) is 0.954. The average Bonchev–Trinajstić information content (AvgIpc) is 2.71. The van der Waals surface area contributed by atoms with Crippen molar-refractivity contribution in [3.8, 4) is 0 Å². The second-order valence-electron chi connectivity index (χ2n) is 5.86. The van der Waals surface area contributed by atoms with Crippen molar-refractivity contribution < 1.29 is 8.42 Å². The first-order valence-corrected chi connectivity index (χ1v) is 9.64. The van der Waals surface area contributed by atoms with Crippen molar-refractivity contribution >= 4 is 21.6 Å². The van der Waals surface area contributed by atoms with Crippen molar-refractivity contribution in [2.24, 2.45) is 5.92 Å². The predicted octanol–water partition coefficient (Wildman–Crippen LogP) is 3.80. The maximum atomic E-state index is 12.8. The fourth-order valence-corrected chi connectivity index (χ4v) is 4.65. The molecule has 1 unspecified atom stereocenters. The fraction of sp³-hybridized carbons (Fsp3) is 0.625. The summed E-state index contributed by atoms with van der Waals surface area (Å²) in [7, 11) is -3.39. The minimum absolute atomic E-state index is 0.351. The van der Waals surface area contributed by atoms with E-state index in [2.05, 4.69) is 13.8 Å². The highest BCUT2D eigenvalue weighted by molar-refractivity contribution is 7.89. The van der Waals surface area contributed by atoms with E-state index in [0.717, 1.165) is 36.8 Å². The van der Waals surface area contributed by atoms with Crippen LogP contribution in [0.15, 0.2) is 23.1 Å². The van der Waals surface area contributed by atoms with Gasteiger partial charge in [-0.15, -0.1) is 11.6 Å². The zero-order valence-electron chi connectivity index (χ0n) is 12.8. The summed E-state index contributed by atoms with van der Waals surface area (Å²) in [4.78, 5) is 0.380. The van der Waals surface area contributed by atoms with Gasteiger partial charge in [0, 0.05) is 19.0 Å². The van der Waals surface area contributed by atoms with E-state index >= 15 is 0 Å². The number of nitrogens with zero attached hydrogens (tertiary/aromatic N) is 1. The number of hydrogen-bond donors (Lipinski definition) is 0. The Morgan fingerprint density at radius 2 is 2.00 bits per heavy atom. The third-order valence-corrected chi connectivity index (χ3v) is 6.50. The standard InChI is InChI=1S/C16H24ClNO2S/c1-3-14-6-7-16(11-15(14)12-17)21(19,20)18-9-4-5-13(2)8-10-18/h6-7,11,13H,3-5,8-10,12H2,1-2H3. The molecule has 0 amide bonds. The van der Waals surface area contributed by atoms with Gasteiger partial charge in [-0.1, -0.05) is 19.9 Å². The summed E-state index contributed by atoms with van der Waals surface area (Å²) in [6, 6.07) is 5.36. The Kier molecular flexibility index (Phi) is 5.69. The lowest BCUT2D eigenvalue weighted by Gasteiger charge is -2.21. The van der Waals surface area contributed by atoms with E-state index in [9.17, 15) is 8.42 Å². The maximum absolute atomic E-state index is 12.8. The first kappa shape index (κ1) is 16.8. The van der Waals surface area contributed by atoms with Crippen LogP contribution < -0.4 is 0 Å². The smallest absolute Gasteiger partial charge is 0.207 e. The van der Waals surface area contributed by atoms with Crippen LogP contribution in [0.3, 0.4) is 0 Å². The molecule has 0 bridgehead atoms. The Morgan fingerprint density at radius 3 is 2.67 bits per heavy atom. The van der Waals surface area contributed by atoms with E-state index in [4.69, 9.17) is 11.6 Å². The molecule has 1 atom stereocenters. The molecule has 3 nitrogen and oxygen atoms in total. The zero-order valence-corrected chi connectivity index (χ0v) is 14.4. The third-order valence-electron chi connectivity index (χ3n) is 4.32. The van der Waals surface area contributed by atoms with Gasteiger partial charge in [-0.25, -0.2) is 8.42 Å². The number of alkyl halides is 1. The number of rotatable bonds is 4. The normalized spacial score (nSPS) is 21.2. The second kappa shape index (κ2) is 7.12. The Labute approximate surface area is 133 Å². The summed E-state index contributed by atoms with van der Waals surface area (Å²) in [6.45, 7) is 5.49. The molecule has 1 heterocycles. The molecule has 0 saturated carbocycles. The van der Waals surface area contributed by atoms with E-state index in [1.807, 2.05) is 6.07 Å². The highest BCUT2D eigenvalue weighted by Gasteiger charge is 2.27. The molecule has 1 aromatic carbocycles. The molecular formula is C16H24ClNO2S. The lowest BCUT2D eigenvalue weighted by molar-refractivity contribution is 0.416. The van der Waals surface area contributed by atoms with Crippen LogP contribution in [0.1, 0.15) is 44.2 Å². The van der Waals surface area contributed by atoms with Gasteiger partial charge in [0.05, 0.1) is 4.90 Å². The molecule has 118 valence electrons. The van der Waals surface area contributed by atoms with Crippen molar-refractivity contribution in [1.29, 1.82) is 0 Å². The molecule has 1 aliphatic rings. The molecule has 1 aliphatic heterocycles. The molecule has 5 heteroatoms. The molecule has 1 aromatic rings. The molecular weight excluding hydrogens is 306 g/mol. The maximum Gasteiger partial charge on any atom is 0.243 e. The Balaban J connectivity index is 2.30. The van der Waals surface area contributed by atoms with Crippen molar-refractivity contribution in [3.63, 3.8) is 0 Å². The van der Waals surface area contributed by atoms with E-state index in [0.29, 0.717) is 29.8 Å². The van der Waals surface area contributed by atoms with Gasteiger partial charge < -0.3 is 0 Å². The van der Waals surface area contributed by atoms with Gasteiger partial charge in [0.2, 0.25) is 10.0 Å². The van der Waals surface area contributed by atoms with Gasteiger partial charge in [-0.2, -0.15) is 4.31 Å².